The van der Waals surface area contributed by atoms with Crippen molar-refractivity contribution >= 4 is 0 Å². The monoisotopic (exact) mass is 414 g/mol. The van der Waals surface area contributed by atoms with Crippen LogP contribution < -0.4 is 4.74 Å². The molecule has 3 heteroatoms. The van der Waals surface area contributed by atoms with Crippen LogP contribution in [0.15, 0.2) is 30.3 Å². The first-order valence-electron chi connectivity index (χ1n) is 11.7. The van der Waals surface area contributed by atoms with E-state index in [4.69, 9.17) is 4.74 Å². The van der Waals surface area contributed by atoms with Gasteiger partial charge in [0.05, 0.1) is 12.2 Å². The lowest BCUT2D eigenvalue weighted by atomic mass is 9.79. The van der Waals surface area contributed by atoms with Gasteiger partial charge in [0.1, 0.15) is 17.4 Å². The lowest BCUT2D eigenvalue weighted by Gasteiger charge is -2.26. The first kappa shape index (κ1) is 22.8. The largest absolute Gasteiger partial charge is 0.493 e. The molecule has 1 fully saturated rings. The highest BCUT2D eigenvalue weighted by molar-refractivity contribution is 5.67. The normalized spacial score (nSPS) is 19.3. The molecule has 3 rings (SSSR count). The van der Waals surface area contributed by atoms with Gasteiger partial charge in [-0.1, -0.05) is 59.4 Å². The Morgan fingerprint density at radius 3 is 2.13 bits per heavy atom. The number of hydrogen-bond acceptors (Lipinski definition) is 1. The summed E-state index contributed by atoms with van der Waals surface area (Å²) < 4.78 is 36.1. The topological polar surface area (TPSA) is 9.23 Å². The predicted octanol–water partition coefficient (Wildman–Crippen LogP) is 8.30. The van der Waals surface area contributed by atoms with Gasteiger partial charge in [0.25, 0.3) is 0 Å². The number of benzene rings is 2. The van der Waals surface area contributed by atoms with Crippen LogP contribution in [0.5, 0.6) is 5.75 Å². The Labute approximate surface area is 180 Å². The molecule has 1 nitrogen and oxygen atoms in total. The van der Waals surface area contributed by atoms with Gasteiger partial charge in [-0.3, -0.25) is 0 Å². The maximum atomic E-state index is 15.0. The third-order valence-corrected chi connectivity index (χ3v) is 6.91. The zero-order valence-electron chi connectivity index (χ0n) is 18.9. The van der Waals surface area contributed by atoms with Gasteiger partial charge in [0.2, 0.25) is 0 Å². The molecule has 0 radical (unpaired) electrons. The fourth-order valence-corrected chi connectivity index (χ4v) is 4.58. The molecule has 2 aromatic carbocycles. The Morgan fingerprint density at radius 1 is 0.933 bits per heavy atom. The van der Waals surface area contributed by atoms with Crippen LogP contribution in [0, 0.1) is 23.5 Å². The van der Waals surface area contributed by atoms with E-state index in [2.05, 4.69) is 20.8 Å². The smallest absolute Gasteiger partial charge is 0.134 e. The second-order valence-electron chi connectivity index (χ2n) is 8.99. The molecule has 0 aromatic heterocycles. The van der Waals surface area contributed by atoms with Crippen LogP contribution in [0.3, 0.4) is 0 Å². The molecule has 1 aliphatic carbocycles. The van der Waals surface area contributed by atoms with Crippen LogP contribution in [0.2, 0.25) is 0 Å². The zero-order valence-corrected chi connectivity index (χ0v) is 18.9. The molecular weight excluding hydrogens is 378 g/mol. The van der Waals surface area contributed by atoms with E-state index in [9.17, 15) is 0 Å². The third-order valence-electron chi connectivity index (χ3n) is 6.91. The highest BCUT2D eigenvalue weighted by atomic mass is 19.1. The third kappa shape index (κ3) is 5.22. The summed E-state index contributed by atoms with van der Waals surface area (Å²) in [5.74, 6) is 1.41. The minimum atomic E-state index is -0.462. The van der Waals surface area contributed by atoms with Crippen molar-refractivity contribution in [2.45, 2.75) is 78.6 Å². The number of ether oxygens (including phenoxy) is 1. The molecule has 0 unspecified atom stereocenters. The lowest BCUT2D eigenvalue weighted by molar-refractivity contribution is 0.239. The SMILES string of the molecule is CCc1cc(-c2c(F)cc(C3CCC(C)CC3)cc2F)ccc1OCC(CC)CC. The van der Waals surface area contributed by atoms with Gasteiger partial charge in [0, 0.05) is 0 Å². The van der Waals surface area contributed by atoms with Crippen LogP contribution in [0.1, 0.15) is 83.3 Å². The van der Waals surface area contributed by atoms with Crippen LogP contribution in [0.25, 0.3) is 11.1 Å². The molecule has 1 aliphatic rings. The quantitative estimate of drug-likeness (QED) is 0.422. The molecule has 0 heterocycles. The lowest BCUT2D eigenvalue weighted by Crippen LogP contribution is -2.12. The summed E-state index contributed by atoms with van der Waals surface area (Å²) in [4.78, 5) is 0. The van der Waals surface area contributed by atoms with E-state index in [1.807, 2.05) is 19.1 Å². The Hall–Kier alpha value is -1.90. The summed E-state index contributed by atoms with van der Waals surface area (Å²) in [7, 11) is 0. The van der Waals surface area contributed by atoms with E-state index in [0.29, 0.717) is 24.0 Å². The number of rotatable bonds is 8. The maximum Gasteiger partial charge on any atom is 0.134 e. The summed E-state index contributed by atoms with van der Waals surface area (Å²) in [6.07, 6.45) is 7.22. The standard InChI is InChI=1S/C27H36F2O/c1-5-19(6-2)17-30-26-13-12-22(14-20(26)7-3)27-24(28)15-23(16-25(27)29)21-10-8-18(4)9-11-21/h12-16,18-19,21H,5-11,17H2,1-4H3. The van der Waals surface area contributed by atoms with Gasteiger partial charge in [0.15, 0.2) is 0 Å². The molecule has 30 heavy (non-hydrogen) atoms. The minimum Gasteiger partial charge on any atom is -0.493 e. The van der Waals surface area contributed by atoms with Gasteiger partial charge in [-0.15, -0.1) is 0 Å². The highest BCUT2D eigenvalue weighted by Gasteiger charge is 2.23. The predicted molar refractivity (Wildman–Crippen MR) is 121 cm³/mol. The molecule has 0 bridgehead atoms. The Bertz CT molecular complexity index is 810. The summed E-state index contributed by atoms with van der Waals surface area (Å²) >= 11 is 0. The second-order valence-corrected chi connectivity index (χ2v) is 8.99. The maximum absolute atomic E-state index is 15.0. The highest BCUT2D eigenvalue weighted by Crippen LogP contribution is 2.38. The van der Waals surface area contributed by atoms with Crippen molar-refractivity contribution in [3.63, 3.8) is 0 Å². The van der Waals surface area contributed by atoms with E-state index in [0.717, 1.165) is 61.8 Å². The average molecular weight is 415 g/mol. The van der Waals surface area contributed by atoms with Crippen molar-refractivity contribution in [1.29, 1.82) is 0 Å². The van der Waals surface area contributed by atoms with Crippen molar-refractivity contribution in [1.82, 2.24) is 0 Å². The number of aryl methyl sites for hydroxylation is 1. The van der Waals surface area contributed by atoms with E-state index in [1.54, 1.807) is 18.2 Å². The van der Waals surface area contributed by atoms with Crippen molar-refractivity contribution in [2.24, 2.45) is 11.8 Å². The summed E-state index contributed by atoms with van der Waals surface area (Å²) in [5.41, 5.74) is 2.45. The molecule has 0 aliphatic heterocycles. The summed E-state index contributed by atoms with van der Waals surface area (Å²) in [6, 6.07) is 8.65. The zero-order chi connectivity index (χ0) is 21.7. The van der Waals surface area contributed by atoms with Crippen LogP contribution in [-0.2, 0) is 6.42 Å². The fraction of sp³-hybridized carbons (Fsp3) is 0.556. The van der Waals surface area contributed by atoms with Crippen molar-refractivity contribution < 1.29 is 13.5 Å². The van der Waals surface area contributed by atoms with Gasteiger partial charge < -0.3 is 4.74 Å². The molecule has 0 N–H and O–H groups in total. The van der Waals surface area contributed by atoms with Crippen molar-refractivity contribution in [3.05, 3.63) is 53.1 Å². The fourth-order valence-electron chi connectivity index (χ4n) is 4.58. The van der Waals surface area contributed by atoms with E-state index >= 15 is 8.78 Å². The van der Waals surface area contributed by atoms with Gasteiger partial charge in [-0.2, -0.15) is 0 Å². The first-order valence-corrected chi connectivity index (χ1v) is 11.7. The van der Waals surface area contributed by atoms with Gasteiger partial charge in [-0.25, -0.2) is 8.78 Å². The van der Waals surface area contributed by atoms with E-state index in [1.165, 1.54) is 0 Å². The summed E-state index contributed by atoms with van der Waals surface area (Å²) in [5, 5.41) is 0. The molecule has 2 aromatic rings. The number of halogens is 2. The molecule has 0 amide bonds. The van der Waals surface area contributed by atoms with Crippen LogP contribution in [0.4, 0.5) is 8.78 Å². The van der Waals surface area contributed by atoms with E-state index < -0.39 is 11.6 Å². The number of hydrogen-bond donors (Lipinski definition) is 0. The van der Waals surface area contributed by atoms with Crippen molar-refractivity contribution in [2.75, 3.05) is 6.61 Å². The average Bonchev–Trinajstić information content (AvgIpc) is 2.75. The van der Waals surface area contributed by atoms with Crippen LogP contribution in [-0.4, -0.2) is 6.61 Å². The Morgan fingerprint density at radius 2 is 1.57 bits per heavy atom. The second kappa shape index (κ2) is 10.4. The van der Waals surface area contributed by atoms with Crippen molar-refractivity contribution in [3.8, 4) is 16.9 Å². The van der Waals surface area contributed by atoms with E-state index in [-0.39, 0.29) is 11.5 Å². The molecule has 1 saturated carbocycles. The molecule has 0 atom stereocenters. The molecule has 0 saturated heterocycles. The van der Waals surface area contributed by atoms with Crippen LogP contribution >= 0.6 is 0 Å². The van der Waals surface area contributed by atoms with Gasteiger partial charge in [-0.05, 0) is 78.0 Å². The molecular formula is C27H36F2O. The minimum absolute atomic E-state index is 0.0733. The Balaban J connectivity index is 1.84. The first-order chi connectivity index (χ1) is 14.5. The Kier molecular flexibility index (Phi) is 7.91. The molecule has 0 spiro atoms. The molecule has 164 valence electrons. The summed E-state index contributed by atoms with van der Waals surface area (Å²) in [6.45, 7) is 9.32. The van der Waals surface area contributed by atoms with Gasteiger partial charge >= 0.3 is 0 Å².